The number of rotatable bonds is 5. The average molecular weight is 430 g/mol. The lowest BCUT2D eigenvalue weighted by atomic mass is 9.76. The minimum atomic E-state index is -0.806. The second-order valence-corrected chi connectivity index (χ2v) is 11.3. The van der Waals surface area contributed by atoms with Crippen LogP contribution in [-0.2, 0) is 28.9 Å². The van der Waals surface area contributed by atoms with Gasteiger partial charge in [0.15, 0.2) is 0 Å². The van der Waals surface area contributed by atoms with Crippen LogP contribution in [-0.4, -0.2) is 21.8 Å². The van der Waals surface area contributed by atoms with Crippen LogP contribution in [0, 0.1) is 24.2 Å². The number of carboxylic acid groups (broad SMARTS) is 1. The molecule has 0 aliphatic heterocycles. The van der Waals surface area contributed by atoms with E-state index in [0.717, 1.165) is 47.7 Å². The molecule has 0 radical (unpaired) electrons. The molecule has 0 aromatic carbocycles. The molecule has 0 unspecified atom stereocenters. The van der Waals surface area contributed by atoms with Gasteiger partial charge in [0, 0.05) is 38.7 Å². The summed E-state index contributed by atoms with van der Waals surface area (Å²) in [4.78, 5) is 32.3. The van der Waals surface area contributed by atoms with E-state index in [4.69, 9.17) is 4.98 Å². The number of nitrogens with zero attached hydrogens (tertiary/aromatic N) is 1. The third-order valence-corrected chi connectivity index (χ3v) is 9.44. The number of thiophene rings is 1. The van der Waals surface area contributed by atoms with Crippen molar-refractivity contribution in [2.75, 3.05) is 0 Å². The minimum Gasteiger partial charge on any atom is -0.481 e. The molecule has 1 spiro atoms. The van der Waals surface area contributed by atoms with Crippen molar-refractivity contribution < 1.29 is 14.7 Å². The normalized spacial score (nSPS) is 25.0. The van der Waals surface area contributed by atoms with Gasteiger partial charge in [0.1, 0.15) is 10.8 Å². The lowest BCUT2D eigenvalue weighted by Crippen LogP contribution is -2.33. The molecule has 0 saturated heterocycles. The molecule has 5 rings (SSSR count). The van der Waals surface area contributed by atoms with E-state index in [1.54, 1.807) is 11.3 Å². The fourth-order valence-electron chi connectivity index (χ4n) is 5.34. The number of ketones is 1. The number of thiazole rings is 1. The van der Waals surface area contributed by atoms with Gasteiger partial charge in [0.25, 0.3) is 0 Å². The van der Waals surface area contributed by atoms with Crippen LogP contribution in [0.1, 0.15) is 66.0 Å². The molecule has 2 fully saturated rings. The van der Waals surface area contributed by atoms with Gasteiger partial charge in [-0.3, -0.25) is 9.59 Å². The van der Waals surface area contributed by atoms with E-state index in [0.29, 0.717) is 18.3 Å². The van der Waals surface area contributed by atoms with Crippen molar-refractivity contribution in [1.82, 2.24) is 4.98 Å². The Labute approximate surface area is 179 Å². The molecule has 0 amide bonds. The first kappa shape index (κ1) is 19.4. The third kappa shape index (κ3) is 3.59. The summed E-state index contributed by atoms with van der Waals surface area (Å²) in [6, 6.07) is 0. The number of hydrogen-bond donors (Lipinski definition) is 1. The standard InChI is InChI=1S/C23H27NO3S2/c1-13-12-28-21(24-13)20-16-6-7-23(8-9-23)11-19(16)29-18(20)10-17(25)14-4-2-3-5-15(14)22(26)27/h12,14-15H,2-11H2,1H3,(H,26,27)/t14-,15-/m0/s1. The summed E-state index contributed by atoms with van der Waals surface area (Å²) in [6.07, 6.45) is 9.78. The van der Waals surface area contributed by atoms with Gasteiger partial charge in [-0.25, -0.2) is 4.98 Å². The molecule has 154 valence electrons. The maximum absolute atomic E-state index is 13.2. The van der Waals surface area contributed by atoms with Gasteiger partial charge in [-0.05, 0) is 62.8 Å². The van der Waals surface area contributed by atoms with E-state index < -0.39 is 11.9 Å². The van der Waals surface area contributed by atoms with Crippen LogP contribution >= 0.6 is 22.7 Å². The molecule has 2 saturated carbocycles. The van der Waals surface area contributed by atoms with Crippen molar-refractivity contribution in [2.45, 2.75) is 71.1 Å². The van der Waals surface area contributed by atoms with Crippen LogP contribution in [0.4, 0.5) is 0 Å². The second-order valence-electron chi connectivity index (χ2n) is 9.25. The summed E-state index contributed by atoms with van der Waals surface area (Å²) in [5.74, 6) is -1.53. The highest BCUT2D eigenvalue weighted by Crippen LogP contribution is 2.57. The van der Waals surface area contributed by atoms with E-state index in [-0.39, 0.29) is 11.7 Å². The Morgan fingerprint density at radius 1 is 1.21 bits per heavy atom. The molecule has 2 atom stereocenters. The Morgan fingerprint density at radius 3 is 2.62 bits per heavy atom. The van der Waals surface area contributed by atoms with E-state index in [2.05, 4.69) is 5.38 Å². The number of aromatic nitrogens is 1. The van der Waals surface area contributed by atoms with Crippen LogP contribution in [0.15, 0.2) is 5.38 Å². The highest BCUT2D eigenvalue weighted by Gasteiger charge is 2.46. The summed E-state index contributed by atoms with van der Waals surface area (Å²) in [6.45, 7) is 2.02. The molecule has 29 heavy (non-hydrogen) atoms. The summed E-state index contributed by atoms with van der Waals surface area (Å²) < 4.78 is 0. The van der Waals surface area contributed by atoms with E-state index in [9.17, 15) is 14.7 Å². The zero-order valence-electron chi connectivity index (χ0n) is 16.8. The van der Waals surface area contributed by atoms with E-state index >= 15 is 0 Å². The molecular weight excluding hydrogens is 402 g/mol. The predicted octanol–water partition coefficient (Wildman–Crippen LogP) is 5.45. The maximum atomic E-state index is 13.2. The minimum absolute atomic E-state index is 0.117. The Kier molecular flexibility index (Phi) is 4.90. The van der Waals surface area contributed by atoms with Gasteiger partial charge in [0.2, 0.25) is 0 Å². The zero-order chi connectivity index (χ0) is 20.2. The van der Waals surface area contributed by atoms with Crippen molar-refractivity contribution in [3.63, 3.8) is 0 Å². The first-order valence-corrected chi connectivity index (χ1v) is 12.5. The fraction of sp³-hybridized carbons (Fsp3) is 0.609. The van der Waals surface area contributed by atoms with Crippen molar-refractivity contribution >= 4 is 34.4 Å². The van der Waals surface area contributed by atoms with Crippen LogP contribution in [0.25, 0.3) is 10.6 Å². The number of carbonyl (C=O) groups is 2. The number of aliphatic carboxylic acids is 1. The summed E-state index contributed by atoms with van der Waals surface area (Å²) in [5, 5.41) is 12.7. The number of hydrogen-bond acceptors (Lipinski definition) is 5. The number of aryl methyl sites for hydroxylation is 1. The van der Waals surface area contributed by atoms with Gasteiger partial charge in [0.05, 0.1) is 5.92 Å². The second kappa shape index (κ2) is 7.31. The summed E-state index contributed by atoms with van der Waals surface area (Å²) in [7, 11) is 0. The van der Waals surface area contributed by atoms with Crippen molar-refractivity contribution in [3.05, 3.63) is 26.4 Å². The van der Waals surface area contributed by atoms with Gasteiger partial charge in [-0.2, -0.15) is 0 Å². The Balaban J connectivity index is 1.48. The van der Waals surface area contributed by atoms with Gasteiger partial charge in [-0.1, -0.05) is 12.8 Å². The lowest BCUT2D eigenvalue weighted by Gasteiger charge is -2.27. The van der Waals surface area contributed by atoms with Crippen LogP contribution < -0.4 is 0 Å². The predicted molar refractivity (Wildman–Crippen MR) is 116 cm³/mol. The Morgan fingerprint density at radius 2 is 1.97 bits per heavy atom. The molecular formula is C23H27NO3S2. The van der Waals surface area contributed by atoms with Crippen molar-refractivity contribution in [1.29, 1.82) is 0 Å². The first-order chi connectivity index (χ1) is 14.0. The molecule has 1 N–H and O–H groups in total. The Hall–Kier alpha value is -1.53. The number of Topliss-reactive ketones (excluding diaryl/α,β-unsaturated/α-hetero) is 1. The molecule has 2 heterocycles. The van der Waals surface area contributed by atoms with Crippen LogP contribution in [0.3, 0.4) is 0 Å². The first-order valence-electron chi connectivity index (χ1n) is 10.8. The highest BCUT2D eigenvalue weighted by atomic mass is 32.1. The zero-order valence-corrected chi connectivity index (χ0v) is 18.5. The van der Waals surface area contributed by atoms with Gasteiger partial charge >= 0.3 is 5.97 Å². The van der Waals surface area contributed by atoms with Crippen molar-refractivity contribution in [2.24, 2.45) is 17.3 Å². The number of carboxylic acids is 1. The molecule has 2 aromatic heterocycles. The van der Waals surface area contributed by atoms with Crippen LogP contribution in [0.2, 0.25) is 0 Å². The van der Waals surface area contributed by atoms with E-state index in [1.165, 1.54) is 35.3 Å². The fourth-order valence-corrected chi connectivity index (χ4v) is 7.84. The third-order valence-electron chi connectivity index (χ3n) is 7.23. The van der Waals surface area contributed by atoms with Crippen LogP contribution in [0.5, 0.6) is 0 Å². The maximum Gasteiger partial charge on any atom is 0.307 e. The quantitative estimate of drug-likeness (QED) is 0.686. The molecule has 3 aliphatic rings. The van der Waals surface area contributed by atoms with Gasteiger partial charge in [-0.15, -0.1) is 22.7 Å². The average Bonchev–Trinajstić information content (AvgIpc) is 3.15. The van der Waals surface area contributed by atoms with E-state index in [1.807, 2.05) is 18.3 Å². The van der Waals surface area contributed by atoms with Gasteiger partial charge < -0.3 is 5.11 Å². The molecule has 2 aromatic rings. The Bertz CT molecular complexity index is 969. The molecule has 3 aliphatic carbocycles. The highest BCUT2D eigenvalue weighted by molar-refractivity contribution is 7.15. The SMILES string of the molecule is Cc1csc(-c2c(CC(=O)[C@H]3CCCC[C@@H]3C(=O)O)sc3c2CCC2(CC2)C3)n1. The number of carbonyl (C=O) groups excluding carboxylic acids is 1. The molecule has 6 heteroatoms. The molecule has 0 bridgehead atoms. The molecule has 4 nitrogen and oxygen atoms in total. The van der Waals surface area contributed by atoms with Crippen molar-refractivity contribution in [3.8, 4) is 10.6 Å². The summed E-state index contributed by atoms with van der Waals surface area (Å²) in [5.41, 5.74) is 4.18. The lowest BCUT2D eigenvalue weighted by molar-refractivity contribution is -0.148. The topological polar surface area (TPSA) is 67.3 Å². The summed E-state index contributed by atoms with van der Waals surface area (Å²) >= 11 is 3.48. The number of fused-ring (bicyclic) bond motifs is 1. The largest absolute Gasteiger partial charge is 0.481 e. The monoisotopic (exact) mass is 429 g/mol. The smallest absolute Gasteiger partial charge is 0.307 e.